The molecule has 0 aliphatic heterocycles. The van der Waals surface area contributed by atoms with Crippen LogP contribution in [-0.2, 0) is 14.3 Å². The topological polar surface area (TPSA) is 105 Å². The largest absolute Gasteiger partial charge is 0.481 e. The van der Waals surface area contributed by atoms with Gasteiger partial charge in [0.25, 0.3) is 0 Å². The smallest absolute Gasteiger partial charge is 0.407 e. The monoisotopic (exact) mass is 450 g/mol. The second-order valence-electron chi connectivity index (χ2n) is 8.82. The second-order valence-corrected chi connectivity index (χ2v) is 8.82. The van der Waals surface area contributed by atoms with E-state index >= 15 is 0 Å². The summed E-state index contributed by atoms with van der Waals surface area (Å²) in [6.07, 6.45) is 3.24. The molecule has 2 aliphatic carbocycles. The van der Waals surface area contributed by atoms with E-state index in [1.165, 1.54) is 11.1 Å². The van der Waals surface area contributed by atoms with Crippen molar-refractivity contribution < 1.29 is 24.2 Å². The molecule has 0 bridgehead atoms. The summed E-state index contributed by atoms with van der Waals surface area (Å²) in [7, 11) is 0. The van der Waals surface area contributed by atoms with Crippen LogP contribution in [0.4, 0.5) is 4.79 Å². The fourth-order valence-electron chi connectivity index (χ4n) is 5.07. The molecule has 2 aromatic carbocycles. The van der Waals surface area contributed by atoms with Crippen LogP contribution in [0, 0.1) is 5.92 Å². The standard InChI is InChI=1S/C26H30N2O5/c29-24(28-23-12-6-1-7-17(23)15-25(30)31)13-14-27-26(32)33-16-22-20-10-4-2-8-18(20)19-9-3-5-11-21(19)22/h2-5,8-11,17,22-23H,1,6-7,12-16H2,(H,27,32)(H,28,29)(H,30,31). The highest BCUT2D eigenvalue weighted by Crippen LogP contribution is 2.44. The lowest BCUT2D eigenvalue weighted by Gasteiger charge is -2.31. The first kappa shape index (κ1) is 22.8. The SMILES string of the molecule is O=C(O)CC1CCCCC1NC(=O)CCNC(=O)OCC1c2ccccc2-c2ccccc21. The molecule has 1 saturated carbocycles. The molecule has 3 N–H and O–H groups in total. The van der Waals surface area contributed by atoms with Crippen molar-refractivity contribution in [2.45, 2.75) is 50.5 Å². The van der Waals surface area contributed by atoms with Gasteiger partial charge in [-0.1, -0.05) is 61.4 Å². The molecule has 2 aromatic rings. The Morgan fingerprint density at radius 1 is 0.939 bits per heavy atom. The molecule has 2 unspecified atom stereocenters. The molecule has 2 aliphatic rings. The summed E-state index contributed by atoms with van der Waals surface area (Å²) in [5, 5.41) is 14.7. The van der Waals surface area contributed by atoms with Gasteiger partial charge in [0.1, 0.15) is 6.61 Å². The minimum atomic E-state index is -0.835. The average Bonchev–Trinajstić information content (AvgIpc) is 3.12. The molecular formula is C26H30N2O5. The first-order valence-electron chi connectivity index (χ1n) is 11.6. The summed E-state index contributed by atoms with van der Waals surface area (Å²) in [5.74, 6) is -1.06. The van der Waals surface area contributed by atoms with Crippen LogP contribution in [0.3, 0.4) is 0 Å². The number of amides is 2. The minimum absolute atomic E-state index is 0.0103. The van der Waals surface area contributed by atoms with Crippen molar-refractivity contribution in [1.82, 2.24) is 10.6 Å². The van der Waals surface area contributed by atoms with E-state index in [2.05, 4.69) is 34.9 Å². The Hall–Kier alpha value is -3.35. The number of carboxylic acid groups (broad SMARTS) is 1. The van der Waals surface area contributed by atoms with E-state index in [0.717, 1.165) is 36.8 Å². The number of benzene rings is 2. The van der Waals surface area contributed by atoms with Gasteiger partial charge in [-0.3, -0.25) is 9.59 Å². The van der Waals surface area contributed by atoms with Crippen LogP contribution in [0.1, 0.15) is 55.6 Å². The summed E-state index contributed by atoms with van der Waals surface area (Å²) in [5.41, 5.74) is 4.63. The highest BCUT2D eigenvalue weighted by atomic mass is 16.5. The quantitative estimate of drug-likeness (QED) is 0.562. The lowest BCUT2D eigenvalue weighted by atomic mass is 9.82. The molecule has 1 fully saturated rings. The molecule has 4 rings (SSSR count). The van der Waals surface area contributed by atoms with E-state index in [1.807, 2.05) is 24.3 Å². The van der Waals surface area contributed by atoms with Crippen molar-refractivity contribution in [1.29, 1.82) is 0 Å². The van der Waals surface area contributed by atoms with Crippen LogP contribution in [0.15, 0.2) is 48.5 Å². The Bertz CT molecular complexity index is 976. The molecule has 7 nitrogen and oxygen atoms in total. The average molecular weight is 451 g/mol. The molecule has 33 heavy (non-hydrogen) atoms. The molecule has 0 heterocycles. The fourth-order valence-corrected chi connectivity index (χ4v) is 5.07. The Morgan fingerprint density at radius 2 is 1.58 bits per heavy atom. The molecule has 0 spiro atoms. The minimum Gasteiger partial charge on any atom is -0.481 e. The second kappa shape index (κ2) is 10.5. The highest BCUT2D eigenvalue weighted by Gasteiger charge is 2.30. The van der Waals surface area contributed by atoms with E-state index in [0.29, 0.717) is 0 Å². The maximum atomic E-state index is 12.3. The summed E-state index contributed by atoms with van der Waals surface area (Å²) in [6, 6.07) is 16.2. The van der Waals surface area contributed by atoms with Gasteiger partial charge in [-0.2, -0.15) is 0 Å². The van der Waals surface area contributed by atoms with Gasteiger partial charge in [0, 0.05) is 24.9 Å². The molecular weight excluding hydrogens is 420 g/mol. The van der Waals surface area contributed by atoms with Crippen molar-refractivity contribution >= 4 is 18.0 Å². The number of carbonyl (C=O) groups excluding carboxylic acids is 2. The highest BCUT2D eigenvalue weighted by molar-refractivity contribution is 5.79. The lowest BCUT2D eigenvalue weighted by Crippen LogP contribution is -2.43. The van der Waals surface area contributed by atoms with Crippen LogP contribution in [0.25, 0.3) is 11.1 Å². The van der Waals surface area contributed by atoms with E-state index in [-0.39, 0.29) is 49.8 Å². The summed E-state index contributed by atoms with van der Waals surface area (Å²) in [4.78, 5) is 35.6. The van der Waals surface area contributed by atoms with Gasteiger partial charge in [-0.15, -0.1) is 0 Å². The Labute approximate surface area is 193 Å². The maximum Gasteiger partial charge on any atom is 0.407 e. The normalized spacial score (nSPS) is 19.3. The van der Waals surface area contributed by atoms with E-state index < -0.39 is 12.1 Å². The zero-order valence-electron chi connectivity index (χ0n) is 18.6. The van der Waals surface area contributed by atoms with Gasteiger partial charge < -0.3 is 20.5 Å². The predicted octanol–water partition coefficient (Wildman–Crippen LogP) is 4.06. The maximum absolute atomic E-state index is 12.3. The van der Waals surface area contributed by atoms with Gasteiger partial charge in [-0.05, 0) is 41.0 Å². The lowest BCUT2D eigenvalue weighted by molar-refractivity contribution is -0.139. The molecule has 0 radical (unpaired) electrons. The van der Waals surface area contributed by atoms with Crippen LogP contribution in [0.5, 0.6) is 0 Å². The number of carboxylic acids is 1. The van der Waals surface area contributed by atoms with Crippen LogP contribution >= 0.6 is 0 Å². The molecule has 2 amide bonds. The summed E-state index contributed by atoms with van der Waals surface area (Å²) < 4.78 is 5.49. The van der Waals surface area contributed by atoms with Crippen LogP contribution in [-0.4, -0.2) is 42.3 Å². The first-order chi connectivity index (χ1) is 16.0. The number of hydrogen-bond acceptors (Lipinski definition) is 4. The number of alkyl carbamates (subject to hydrolysis) is 1. The summed E-state index contributed by atoms with van der Waals surface area (Å²) in [6.45, 7) is 0.393. The van der Waals surface area contributed by atoms with Crippen molar-refractivity contribution in [3.63, 3.8) is 0 Å². The third-order valence-electron chi connectivity index (χ3n) is 6.66. The third kappa shape index (κ3) is 5.53. The number of ether oxygens (including phenoxy) is 1. The molecule has 2 atom stereocenters. The number of nitrogens with one attached hydrogen (secondary N) is 2. The van der Waals surface area contributed by atoms with Crippen molar-refractivity contribution in [3.05, 3.63) is 59.7 Å². The zero-order valence-corrected chi connectivity index (χ0v) is 18.6. The first-order valence-corrected chi connectivity index (χ1v) is 11.6. The Balaban J connectivity index is 1.23. The molecule has 0 aromatic heterocycles. The van der Waals surface area contributed by atoms with Gasteiger partial charge in [-0.25, -0.2) is 4.79 Å². The van der Waals surface area contributed by atoms with Crippen LogP contribution < -0.4 is 10.6 Å². The van der Waals surface area contributed by atoms with Gasteiger partial charge >= 0.3 is 12.1 Å². The number of fused-ring (bicyclic) bond motifs is 3. The van der Waals surface area contributed by atoms with Crippen molar-refractivity contribution in [3.8, 4) is 11.1 Å². The number of aliphatic carboxylic acids is 1. The number of hydrogen-bond donors (Lipinski definition) is 3. The fraction of sp³-hybridized carbons (Fsp3) is 0.423. The Kier molecular flexibility index (Phi) is 7.27. The molecule has 174 valence electrons. The zero-order chi connectivity index (χ0) is 23.2. The van der Waals surface area contributed by atoms with Crippen LogP contribution in [0.2, 0.25) is 0 Å². The van der Waals surface area contributed by atoms with Crippen molar-refractivity contribution in [2.75, 3.05) is 13.2 Å². The van der Waals surface area contributed by atoms with E-state index in [1.54, 1.807) is 0 Å². The summed E-state index contributed by atoms with van der Waals surface area (Å²) >= 11 is 0. The van der Waals surface area contributed by atoms with Gasteiger partial charge in [0.2, 0.25) is 5.91 Å². The Morgan fingerprint density at radius 3 is 2.24 bits per heavy atom. The van der Waals surface area contributed by atoms with E-state index in [4.69, 9.17) is 9.84 Å². The van der Waals surface area contributed by atoms with Gasteiger partial charge in [0.05, 0.1) is 6.42 Å². The number of rotatable bonds is 8. The van der Waals surface area contributed by atoms with E-state index in [9.17, 15) is 14.4 Å². The predicted molar refractivity (Wildman–Crippen MR) is 124 cm³/mol. The van der Waals surface area contributed by atoms with Gasteiger partial charge in [0.15, 0.2) is 0 Å². The molecule has 7 heteroatoms. The number of carbonyl (C=O) groups is 3. The van der Waals surface area contributed by atoms with Crippen molar-refractivity contribution in [2.24, 2.45) is 5.92 Å². The molecule has 0 saturated heterocycles. The third-order valence-corrected chi connectivity index (χ3v) is 6.66.